The Morgan fingerprint density at radius 1 is 1.10 bits per heavy atom. The van der Waals surface area contributed by atoms with Gasteiger partial charge in [0.2, 0.25) is 0 Å². The molecule has 108 valence electrons. The van der Waals surface area contributed by atoms with Crippen molar-refractivity contribution in [3.05, 3.63) is 65.2 Å². The highest BCUT2D eigenvalue weighted by atomic mass is 19.4. The van der Waals surface area contributed by atoms with E-state index in [0.717, 1.165) is 17.7 Å². The Hall–Kier alpha value is -2.48. The van der Waals surface area contributed by atoms with Crippen molar-refractivity contribution in [3.8, 4) is 6.07 Å². The number of rotatable bonds is 3. The van der Waals surface area contributed by atoms with Gasteiger partial charge in [-0.2, -0.15) is 18.4 Å². The van der Waals surface area contributed by atoms with Gasteiger partial charge in [0, 0.05) is 5.69 Å². The second-order valence-electron chi connectivity index (χ2n) is 4.70. The van der Waals surface area contributed by atoms with E-state index in [2.05, 4.69) is 5.32 Å². The van der Waals surface area contributed by atoms with Crippen LogP contribution < -0.4 is 5.32 Å². The van der Waals surface area contributed by atoms with Gasteiger partial charge in [-0.05, 0) is 42.3 Å². The highest BCUT2D eigenvalue weighted by Crippen LogP contribution is 2.31. The molecule has 5 heteroatoms. The van der Waals surface area contributed by atoms with Crippen molar-refractivity contribution in [2.45, 2.75) is 19.1 Å². The summed E-state index contributed by atoms with van der Waals surface area (Å²) in [7, 11) is 0. The molecule has 1 N–H and O–H groups in total. The summed E-state index contributed by atoms with van der Waals surface area (Å²) in [6.45, 7) is 1.90. The molecule has 0 spiro atoms. The quantitative estimate of drug-likeness (QED) is 0.890. The number of hydrogen-bond acceptors (Lipinski definition) is 2. The number of nitrogens with one attached hydrogen (secondary N) is 1. The maximum absolute atomic E-state index is 12.7. The monoisotopic (exact) mass is 290 g/mol. The third kappa shape index (κ3) is 3.76. The predicted molar refractivity (Wildman–Crippen MR) is 74.6 cm³/mol. The number of nitrogens with zero attached hydrogens (tertiary/aromatic N) is 1. The molecule has 0 amide bonds. The van der Waals surface area contributed by atoms with E-state index in [9.17, 15) is 18.4 Å². The average molecular weight is 290 g/mol. The van der Waals surface area contributed by atoms with Crippen molar-refractivity contribution in [3.63, 3.8) is 0 Å². The van der Waals surface area contributed by atoms with Crippen molar-refractivity contribution in [2.24, 2.45) is 0 Å². The van der Waals surface area contributed by atoms with Gasteiger partial charge in [0.05, 0.1) is 11.6 Å². The van der Waals surface area contributed by atoms with Gasteiger partial charge in [-0.3, -0.25) is 0 Å². The Labute approximate surface area is 120 Å². The van der Waals surface area contributed by atoms with E-state index in [4.69, 9.17) is 0 Å². The zero-order chi connectivity index (χ0) is 15.5. The zero-order valence-corrected chi connectivity index (χ0v) is 11.3. The van der Waals surface area contributed by atoms with Crippen LogP contribution in [-0.2, 0) is 6.18 Å². The summed E-state index contributed by atoms with van der Waals surface area (Å²) in [5.74, 6) is 0. The summed E-state index contributed by atoms with van der Waals surface area (Å²) in [4.78, 5) is 0. The maximum Gasteiger partial charge on any atom is 0.416 e. The minimum Gasteiger partial charge on any atom is -0.366 e. The van der Waals surface area contributed by atoms with Crippen LogP contribution >= 0.6 is 0 Å². The van der Waals surface area contributed by atoms with E-state index in [1.807, 2.05) is 31.2 Å². The molecule has 21 heavy (non-hydrogen) atoms. The van der Waals surface area contributed by atoms with Crippen molar-refractivity contribution < 1.29 is 13.2 Å². The lowest BCUT2D eigenvalue weighted by Crippen LogP contribution is -2.11. The summed E-state index contributed by atoms with van der Waals surface area (Å²) in [5.41, 5.74) is 1.22. The molecule has 2 nitrogen and oxygen atoms in total. The van der Waals surface area contributed by atoms with Gasteiger partial charge in [-0.1, -0.05) is 24.3 Å². The summed E-state index contributed by atoms with van der Waals surface area (Å²) in [6, 6.07) is 13.3. The fraction of sp³-hybridized carbons (Fsp3) is 0.188. The largest absolute Gasteiger partial charge is 0.416 e. The zero-order valence-electron chi connectivity index (χ0n) is 11.3. The molecule has 0 bridgehead atoms. The second-order valence-corrected chi connectivity index (χ2v) is 4.70. The van der Waals surface area contributed by atoms with Crippen LogP contribution in [0.3, 0.4) is 0 Å². The molecule has 0 aliphatic heterocycles. The van der Waals surface area contributed by atoms with Gasteiger partial charge in [0.25, 0.3) is 0 Å². The number of alkyl halides is 3. The predicted octanol–water partition coefficient (Wildman–Crippen LogP) is 4.69. The van der Waals surface area contributed by atoms with Crippen molar-refractivity contribution >= 4 is 5.69 Å². The van der Waals surface area contributed by atoms with E-state index in [0.29, 0.717) is 5.69 Å². The fourth-order valence-electron chi connectivity index (χ4n) is 1.99. The molecule has 2 aromatic rings. The lowest BCUT2D eigenvalue weighted by atomic mass is 10.0. The minimum absolute atomic E-state index is 0.286. The Balaban J connectivity index is 2.28. The summed E-state index contributed by atoms with van der Waals surface area (Å²) in [5, 5.41) is 12.1. The first-order valence-corrected chi connectivity index (χ1v) is 6.30. The third-order valence-electron chi connectivity index (χ3n) is 3.01. The highest BCUT2D eigenvalue weighted by molar-refractivity contribution is 5.49. The Bertz CT molecular complexity index is 672. The molecule has 0 radical (unpaired) electrons. The first-order chi connectivity index (χ1) is 9.90. The lowest BCUT2D eigenvalue weighted by Gasteiger charge is -2.15. The third-order valence-corrected chi connectivity index (χ3v) is 3.01. The minimum atomic E-state index is -4.42. The Kier molecular flexibility index (Phi) is 4.18. The van der Waals surface area contributed by atoms with Gasteiger partial charge >= 0.3 is 6.18 Å². The van der Waals surface area contributed by atoms with E-state index in [1.54, 1.807) is 6.07 Å². The molecule has 1 atom stereocenters. The highest BCUT2D eigenvalue weighted by Gasteiger charge is 2.31. The van der Waals surface area contributed by atoms with Crippen LogP contribution in [0.5, 0.6) is 0 Å². The molecule has 0 aliphatic carbocycles. The first kappa shape index (κ1) is 14.9. The molecule has 0 aromatic heterocycles. The molecule has 0 saturated carbocycles. The summed E-state index contributed by atoms with van der Waals surface area (Å²) in [6.07, 6.45) is -4.42. The topological polar surface area (TPSA) is 35.8 Å². The van der Waals surface area contributed by atoms with Crippen LogP contribution in [0.4, 0.5) is 18.9 Å². The van der Waals surface area contributed by atoms with E-state index < -0.39 is 17.8 Å². The van der Waals surface area contributed by atoms with Crippen LogP contribution in [0, 0.1) is 18.3 Å². The van der Waals surface area contributed by atoms with Crippen LogP contribution in [0.2, 0.25) is 0 Å². The van der Waals surface area contributed by atoms with Crippen LogP contribution in [0.15, 0.2) is 48.5 Å². The standard InChI is InChI=1S/C16H13F3N2/c1-11-4-2-7-14(8-11)21-15(10-20)12-5-3-6-13(9-12)16(17,18)19/h2-9,15,21H,1H3. The second kappa shape index (κ2) is 5.88. The molecule has 0 heterocycles. The van der Waals surface area contributed by atoms with Crippen LogP contribution in [0.25, 0.3) is 0 Å². The Morgan fingerprint density at radius 3 is 2.43 bits per heavy atom. The van der Waals surface area contributed by atoms with E-state index in [-0.39, 0.29) is 5.56 Å². The molecular weight excluding hydrogens is 277 g/mol. The normalized spacial score (nSPS) is 12.5. The van der Waals surface area contributed by atoms with Crippen molar-refractivity contribution in [1.29, 1.82) is 5.26 Å². The Morgan fingerprint density at radius 2 is 1.81 bits per heavy atom. The number of aryl methyl sites for hydroxylation is 1. The molecule has 0 aliphatic rings. The van der Waals surface area contributed by atoms with Gasteiger partial charge < -0.3 is 5.32 Å². The summed E-state index contributed by atoms with van der Waals surface area (Å²) < 4.78 is 38.1. The molecule has 2 aromatic carbocycles. The van der Waals surface area contributed by atoms with Crippen LogP contribution in [-0.4, -0.2) is 0 Å². The van der Waals surface area contributed by atoms with Crippen molar-refractivity contribution in [1.82, 2.24) is 0 Å². The molecule has 2 rings (SSSR count). The first-order valence-electron chi connectivity index (χ1n) is 6.30. The molecule has 0 saturated heterocycles. The smallest absolute Gasteiger partial charge is 0.366 e. The van der Waals surface area contributed by atoms with E-state index in [1.165, 1.54) is 12.1 Å². The number of nitriles is 1. The van der Waals surface area contributed by atoms with Crippen LogP contribution in [0.1, 0.15) is 22.7 Å². The summed E-state index contributed by atoms with van der Waals surface area (Å²) >= 11 is 0. The molecule has 1 unspecified atom stereocenters. The fourth-order valence-corrected chi connectivity index (χ4v) is 1.99. The number of benzene rings is 2. The van der Waals surface area contributed by atoms with E-state index >= 15 is 0 Å². The van der Waals surface area contributed by atoms with Gasteiger partial charge in [0.1, 0.15) is 6.04 Å². The van der Waals surface area contributed by atoms with Gasteiger partial charge in [-0.15, -0.1) is 0 Å². The maximum atomic E-state index is 12.7. The van der Waals surface area contributed by atoms with Crippen molar-refractivity contribution in [2.75, 3.05) is 5.32 Å². The number of anilines is 1. The SMILES string of the molecule is Cc1cccc(NC(C#N)c2cccc(C(F)(F)F)c2)c1. The number of hydrogen-bond donors (Lipinski definition) is 1. The van der Waals surface area contributed by atoms with Gasteiger partial charge in [0.15, 0.2) is 0 Å². The lowest BCUT2D eigenvalue weighted by molar-refractivity contribution is -0.137. The molecule has 0 fully saturated rings. The average Bonchev–Trinajstić information content (AvgIpc) is 2.44. The van der Waals surface area contributed by atoms with Gasteiger partial charge in [-0.25, -0.2) is 0 Å². The molecular formula is C16H13F3N2. The number of halogens is 3.